The van der Waals surface area contributed by atoms with Gasteiger partial charge in [-0.3, -0.25) is 0 Å². The molecule has 0 unspecified atom stereocenters. The van der Waals surface area contributed by atoms with E-state index >= 15 is 0 Å². The van der Waals surface area contributed by atoms with Gasteiger partial charge in [0, 0.05) is 24.4 Å². The van der Waals surface area contributed by atoms with Crippen LogP contribution >= 0.6 is 11.6 Å². The molecule has 3 aromatic rings. The summed E-state index contributed by atoms with van der Waals surface area (Å²) in [5.41, 5.74) is 3.37. The van der Waals surface area contributed by atoms with Crippen molar-refractivity contribution in [2.75, 3.05) is 18.1 Å². The minimum atomic E-state index is -3.21. The Kier molecular flexibility index (Phi) is 8.36. The van der Waals surface area contributed by atoms with Crippen molar-refractivity contribution in [2.45, 2.75) is 45.0 Å². The van der Waals surface area contributed by atoms with E-state index in [1.54, 1.807) is 6.07 Å². The lowest BCUT2D eigenvalue weighted by molar-refractivity contribution is 0.300. The van der Waals surface area contributed by atoms with Gasteiger partial charge in [-0.05, 0) is 47.9 Å². The molecule has 35 heavy (non-hydrogen) atoms. The van der Waals surface area contributed by atoms with Gasteiger partial charge in [0.2, 0.25) is 0 Å². The maximum atomic E-state index is 11.5. The molecular weight excluding hydrogens is 484 g/mol. The Labute approximate surface area is 212 Å². The highest BCUT2D eigenvalue weighted by atomic mass is 35.5. The molecule has 184 valence electrons. The standard InChI is InChI=1S/C26H29ClN4O3S/c1-5-11-30-25-18(15-28)13-20(14-23(25)27)26(2,3)19-6-8-22(9-7-19)34-16-21-10-12-29-24(31-21)17-35(4,32)33/h6-10,12-14,30H,5,11,16-17H2,1-4H3. The number of benzene rings is 2. The van der Waals surface area contributed by atoms with Gasteiger partial charge in [-0.25, -0.2) is 18.4 Å². The lowest BCUT2D eigenvalue weighted by atomic mass is 9.77. The third-order valence-corrected chi connectivity index (χ3v) is 6.68. The van der Waals surface area contributed by atoms with Crippen LogP contribution in [0, 0.1) is 11.3 Å². The number of anilines is 1. The minimum Gasteiger partial charge on any atom is -0.487 e. The molecule has 0 aliphatic carbocycles. The second-order valence-corrected chi connectivity index (χ2v) is 11.4. The third-order valence-electron chi connectivity index (χ3n) is 5.60. The number of rotatable bonds is 10. The van der Waals surface area contributed by atoms with E-state index in [0.717, 1.165) is 30.3 Å². The molecule has 1 N–H and O–H groups in total. The summed E-state index contributed by atoms with van der Waals surface area (Å²) >= 11 is 6.54. The van der Waals surface area contributed by atoms with Crippen LogP contribution in [0.1, 0.15) is 55.4 Å². The number of sulfone groups is 1. The fraction of sp³-hybridized carbons (Fsp3) is 0.346. The van der Waals surface area contributed by atoms with Crippen molar-refractivity contribution in [1.82, 2.24) is 9.97 Å². The second-order valence-electron chi connectivity index (χ2n) is 8.89. The normalized spacial score (nSPS) is 11.7. The number of ether oxygens (including phenoxy) is 1. The van der Waals surface area contributed by atoms with Crippen molar-refractivity contribution in [3.05, 3.63) is 81.9 Å². The summed E-state index contributed by atoms with van der Waals surface area (Å²) in [5.74, 6) is 0.692. The van der Waals surface area contributed by atoms with Gasteiger partial charge in [0.25, 0.3) is 0 Å². The number of aromatic nitrogens is 2. The quantitative estimate of drug-likeness (QED) is 0.394. The number of hydrogen-bond donors (Lipinski definition) is 1. The first-order chi connectivity index (χ1) is 16.5. The van der Waals surface area contributed by atoms with E-state index in [4.69, 9.17) is 16.3 Å². The summed E-state index contributed by atoms with van der Waals surface area (Å²) < 4.78 is 28.8. The molecule has 0 fully saturated rings. The molecule has 0 radical (unpaired) electrons. The van der Waals surface area contributed by atoms with Gasteiger partial charge in [0.05, 0.1) is 22.0 Å². The predicted octanol–water partition coefficient (Wildman–Crippen LogP) is 5.27. The van der Waals surface area contributed by atoms with Crippen molar-refractivity contribution < 1.29 is 13.2 Å². The van der Waals surface area contributed by atoms with Crippen LogP contribution in [0.25, 0.3) is 0 Å². The summed E-state index contributed by atoms with van der Waals surface area (Å²) in [5, 5.41) is 13.4. The van der Waals surface area contributed by atoms with Gasteiger partial charge in [-0.1, -0.05) is 44.5 Å². The van der Waals surface area contributed by atoms with Gasteiger partial charge < -0.3 is 10.1 Å². The highest BCUT2D eigenvalue weighted by molar-refractivity contribution is 7.89. The van der Waals surface area contributed by atoms with Gasteiger partial charge in [0.1, 0.15) is 30.0 Å². The highest BCUT2D eigenvalue weighted by Crippen LogP contribution is 2.37. The Morgan fingerprint density at radius 2 is 1.86 bits per heavy atom. The van der Waals surface area contributed by atoms with E-state index in [1.165, 1.54) is 6.20 Å². The van der Waals surface area contributed by atoms with Crippen LogP contribution in [-0.4, -0.2) is 31.2 Å². The topological polar surface area (TPSA) is 105 Å². The molecule has 0 saturated heterocycles. The van der Waals surface area contributed by atoms with E-state index in [-0.39, 0.29) is 18.2 Å². The summed E-state index contributed by atoms with van der Waals surface area (Å²) in [6, 6.07) is 15.5. The van der Waals surface area contributed by atoms with E-state index in [0.29, 0.717) is 27.7 Å². The molecule has 9 heteroatoms. The van der Waals surface area contributed by atoms with Crippen LogP contribution in [0.5, 0.6) is 5.75 Å². The van der Waals surface area contributed by atoms with Gasteiger partial charge in [0.15, 0.2) is 9.84 Å². The zero-order chi connectivity index (χ0) is 25.6. The van der Waals surface area contributed by atoms with Gasteiger partial charge in [-0.15, -0.1) is 0 Å². The van der Waals surface area contributed by atoms with Gasteiger partial charge >= 0.3 is 0 Å². The molecule has 0 amide bonds. The molecule has 0 spiro atoms. The lowest BCUT2D eigenvalue weighted by Crippen LogP contribution is -2.19. The number of halogens is 1. The Morgan fingerprint density at radius 3 is 2.49 bits per heavy atom. The molecule has 0 saturated carbocycles. The van der Waals surface area contributed by atoms with Crippen molar-refractivity contribution >= 4 is 27.1 Å². The zero-order valence-corrected chi connectivity index (χ0v) is 21.9. The average molecular weight is 513 g/mol. The largest absolute Gasteiger partial charge is 0.487 e. The molecule has 0 aliphatic rings. The fourth-order valence-electron chi connectivity index (χ4n) is 3.60. The van der Waals surface area contributed by atoms with Crippen molar-refractivity contribution in [3.8, 4) is 11.8 Å². The first kappa shape index (κ1) is 26.5. The van der Waals surface area contributed by atoms with Crippen LogP contribution in [0.2, 0.25) is 5.02 Å². The molecule has 1 heterocycles. The van der Waals surface area contributed by atoms with Crippen molar-refractivity contribution in [2.24, 2.45) is 0 Å². The number of hydrogen-bond acceptors (Lipinski definition) is 7. The third kappa shape index (κ3) is 6.93. The monoisotopic (exact) mass is 512 g/mol. The van der Waals surface area contributed by atoms with Crippen molar-refractivity contribution in [3.63, 3.8) is 0 Å². The molecule has 3 rings (SSSR count). The molecule has 0 aliphatic heterocycles. The predicted molar refractivity (Wildman–Crippen MR) is 138 cm³/mol. The molecule has 0 atom stereocenters. The molecule has 7 nitrogen and oxygen atoms in total. The molecule has 1 aromatic heterocycles. The number of nitrogens with one attached hydrogen (secondary N) is 1. The summed E-state index contributed by atoms with van der Waals surface area (Å²) in [6.45, 7) is 7.15. The SMILES string of the molecule is CCCNc1c(Cl)cc(C(C)(C)c2ccc(OCc3ccnc(CS(C)(=O)=O)n3)cc2)cc1C#N. The summed E-state index contributed by atoms with van der Waals surface area (Å²) in [4.78, 5) is 8.27. The Morgan fingerprint density at radius 1 is 1.14 bits per heavy atom. The van der Waals surface area contributed by atoms with Crippen LogP contribution in [0.15, 0.2) is 48.7 Å². The van der Waals surface area contributed by atoms with Crippen LogP contribution < -0.4 is 10.1 Å². The minimum absolute atomic E-state index is 0.190. The van der Waals surface area contributed by atoms with Crippen LogP contribution in [0.4, 0.5) is 5.69 Å². The van der Waals surface area contributed by atoms with Crippen molar-refractivity contribution in [1.29, 1.82) is 5.26 Å². The number of nitrogens with zero attached hydrogens (tertiary/aromatic N) is 3. The van der Waals surface area contributed by atoms with E-state index in [9.17, 15) is 13.7 Å². The maximum absolute atomic E-state index is 11.5. The zero-order valence-electron chi connectivity index (χ0n) is 20.3. The average Bonchev–Trinajstić information content (AvgIpc) is 2.81. The summed E-state index contributed by atoms with van der Waals surface area (Å²) in [7, 11) is -3.21. The van der Waals surface area contributed by atoms with E-state index in [1.807, 2.05) is 36.4 Å². The first-order valence-electron chi connectivity index (χ1n) is 11.2. The second kappa shape index (κ2) is 11.1. The van der Waals surface area contributed by atoms with E-state index < -0.39 is 15.3 Å². The molecule has 0 bridgehead atoms. The highest BCUT2D eigenvalue weighted by Gasteiger charge is 2.25. The Balaban J connectivity index is 1.75. The Hall–Kier alpha value is -3.15. The van der Waals surface area contributed by atoms with E-state index in [2.05, 4.69) is 42.1 Å². The molecular formula is C26H29ClN4O3S. The maximum Gasteiger partial charge on any atom is 0.154 e. The lowest BCUT2D eigenvalue weighted by Gasteiger charge is -2.27. The van der Waals surface area contributed by atoms with Crippen LogP contribution in [0.3, 0.4) is 0 Å². The van der Waals surface area contributed by atoms with Crippen LogP contribution in [-0.2, 0) is 27.6 Å². The van der Waals surface area contributed by atoms with Gasteiger partial charge in [-0.2, -0.15) is 5.26 Å². The fourth-order valence-corrected chi connectivity index (χ4v) is 4.50. The summed E-state index contributed by atoms with van der Waals surface area (Å²) in [6.07, 6.45) is 3.61. The first-order valence-corrected chi connectivity index (χ1v) is 13.7. The number of nitriles is 1. The Bertz CT molecular complexity index is 1330. The smallest absolute Gasteiger partial charge is 0.154 e. The molecule has 2 aromatic carbocycles.